The summed E-state index contributed by atoms with van der Waals surface area (Å²) in [7, 11) is 0. The summed E-state index contributed by atoms with van der Waals surface area (Å²) in [5.74, 6) is 0.794. The maximum Gasteiger partial charge on any atom is 0.146 e. The van der Waals surface area contributed by atoms with Crippen LogP contribution in [0.25, 0.3) is 16.7 Å². The molecule has 1 aromatic heterocycles. The van der Waals surface area contributed by atoms with Crippen molar-refractivity contribution in [2.45, 2.75) is 52.1 Å². The van der Waals surface area contributed by atoms with E-state index in [0.717, 1.165) is 23.9 Å². The van der Waals surface area contributed by atoms with Crippen LogP contribution in [0.2, 0.25) is 0 Å². The van der Waals surface area contributed by atoms with Crippen molar-refractivity contribution in [1.82, 2.24) is 15.0 Å². The molecular weight excluding hydrogens is 314 g/mol. The van der Waals surface area contributed by atoms with Gasteiger partial charge in [-0.25, -0.2) is 0 Å². The Bertz CT molecular complexity index is 796. The number of benzene rings is 2. The third kappa shape index (κ3) is 4.10. The predicted molar refractivity (Wildman–Crippen MR) is 99.4 cm³/mol. The standard InChI is InChI=1S/C20H25N3O2/c1-3-5-6-9-15(4-2)25-16-12-13-19(20(24)14-16)23-21-17-10-7-8-11-18(17)22-23/h7-8,10-15,24H,3-6,9H2,1-2H3/t15-/m0/s1. The third-order valence-corrected chi connectivity index (χ3v) is 4.34. The molecule has 0 spiro atoms. The van der Waals surface area contributed by atoms with Gasteiger partial charge in [0, 0.05) is 6.07 Å². The predicted octanol–water partition coefficient (Wildman–Crippen LogP) is 4.86. The monoisotopic (exact) mass is 339 g/mol. The van der Waals surface area contributed by atoms with Crippen molar-refractivity contribution in [2.75, 3.05) is 0 Å². The van der Waals surface area contributed by atoms with E-state index in [1.807, 2.05) is 30.3 Å². The number of ether oxygens (including phenoxy) is 1. The lowest BCUT2D eigenvalue weighted by molar-refractivity contribution is 0.182. The van der Waals surface area contributed by atoms with Crippen molar-refractivity contribution in [1.29, 1.82) is 0 Å². The van der Waals surface area contributed by atoms with Gasteiger partial charge in [-0.15, -0.1) is 15.0 Å². The zero-order chi connectivity index (χ0) is 17.6. The molecule has 0 amide bonds. The smallest absolute Gasteiger partial charge is 0.146 e. The number of unbranched alkanes of at least 4 members (excludes halogenated alkanes) is 2. The Balaban J connectivity index is 1.76. The minimum absolute atomic E-state index is 0.112. The van der Waals surface area contributed by atoms with E-state index in [2.05, 4.69) is 24.0 Å². The molecule has 1 atom stereocenters. The number of aromatic nitrogens is 3. The van der Waals surface area contributed by atoms with Crippen LogP contribution in [0.5, 0.6) is 11.5 Å². The number of nitrogens with zero attached hydrogens (tertiary/aromatic N) is 3. The second-order valence-electron chi connectivity index (χ2n) is 6.27. The van der Waals surface area contributed by atoms with Gasteiger partial charge in [-0.1, -0.05) is 38.8 Å². The van der Waals surface area contributed by atoms with Crippen molar-refractivity contribution in [2.24, 2.45) is 0 Å². The van der Waals surface area contributed by atoms with Crippen molar-refractivity contribution in [3.8, 4) is 17.2 Å². The van der Waals surface area contributed by atoms with Crippen molar-refractivity contribution in [3.63, 3.8) is 0 Å². The van der Waals surface area contributed by atoms with Gasteiger partial charge < -0.3 is 9.84 Å². The molecule has 3 aromatic rings. The third-order valence-electron chi connectivity index (χ3n) is 4.34. The Hall–Kier alpha value is -2.56. The number of rotatable bonds is 8. The lowest BCUT2D eigenvalue weighted by Gasteiger charge is -2.18. The molecule has 0 saturated carbocycles. The number of fused-ring (bicyclic) bond motifs is 1. The Labute approximate surface area is 148 Å². The molecule has 0 unspecified atom stereocenters. The molecule has 0 aliphatic carbocycles. The van der Waals surface area contributed by atoms with Gasteiger partial charge in [0.05, 0.1) is 6.10 Å². The first kappa shape index (κ1) is 17.3. The average Bonchev–Trinajstić information content (AvgIpc) is 3.05. The molecule has 132 valence electrons. The fourth-order valence-electron chi connectivity index (χ4n) is 2.87. The highest BCUT2D eigenvalue weighted by atomic mass is 16.5. The van der Waals surface area contributed by atoms with Gasteiger partial charge in [-0.2, -0.15) is 0 Å². The van der Waals surface area contributed by atoms with Crippen LogP contribution in [-0.4, -0.2) is 26.2 Å². The summed E-state index contributed by atoms with van der Waals surface area (Å²) in [5, 5.41) is 19.2. The van der Waals surface area contributed by atoms with Crippen LogP contribution in [0.1, 0.15) is 46.0 Å². The average molecular weight is 339 g/mol. The number of hydrogen-bond acceptors (Lipinski definition) is 4. The Morgan fingerprint density at radius 1 is 1.04 bits per heavy atom. The molecule has 5 nitrogen and oxygen atoms in total. The van der Waals surface area contributed by atoms with E-state index < -0.39 is 0 Å². The lowest BCUT2D eigenvalue weighted by atomic mass is 10.1. The topological polar surface area (TPSA) is 60.2 Å². The fraction of sp³-hybridized carbons (Fsp3) is 0.400. The Kier molecular flexibility index (Phi) is 5.53. The number of hydrogen-bond donors (Lipinski definition) is 1. The van der Waals surface area contributed by atoms with Gasteiger partial charge in [0.25, 0.3) is 0 Å². The highest BCUT2D eigenvalue weighted by Crippen LogP contribution is 2.28. The minimum atomic E-state index is 0.112. The van der Waals surface area contributed by atoms with E-state index in [-0.39, 0.29) is 11.9 Å². The van der Waals surface area contributed by atoms with Crippen LogP contribution >= 0.6 is 0 Å². The van der Waals surface area contributed by atoms with Crippen LogP contribution in [0.4, 0.5) is 0 Å². The first-order valence-corrected chi connectivity index (χ1v) is 9.03. The SMILES string of the molecule is CCCCC[C@H](CC)Oc1ccc(-n2nc3ccccc3n2)c(O)c1. The van der Waals surface area contributed by atoms with E-state index >= 15 is 0 Å². The highest BCUT2D eigenvalue weighted by molar-refractivity contribution is 5.73. The molecular formula is C20H25N3O2. The first-order valence-electron chi connectivity index (χ1n) is 9.03. The van der Waals surface area contributed by atoms with Gasteiger partial charge in [0.1, 0.15) is 28.2 Å². The molecule has 25 heavy (non-hydrogen) atoms. The number of phenols is 1. The molecule has 1 heterocycles. The van der Waals surface area contributed by atoms with Crippen LogP contribution in [0, 0.1) is 0 Å². The van der Waals surface area contributed by atoms with E-state index in [4.69, 9.17) is 4.74 Å². The van der Waals surface area contributed by atoms with Crippen molar-refractivity contribution < 1.29 is 9.84 Å². The number of phenolic OH excluding ortho intramolecular Hbond substituents is 1. The Morgan fingerprint density at radius 3 is 2.36 bits per heavy atom. The van der Waals surface area contributed by atoms with Gasteiger partial charge in [0.15, 0.2) is 0 Å². The number of aromatic hydroxyl groups is 1. The molecule has 0 aliphatic heterocycles. The summed E-state index contributed by atoms with van der Waals surface area (Å²) in [5.41, 5.74) is 2.14. The molecule has 5 heteroatoms. The normalized spacial score (nSPS) is 12.4. The zero-order valence-electron chi connectivity index (χ0n) is 14.9. The Morgan fingerprint density at radius 2 is 1.76 bits per heavy atom. The van der Waals surface area contributed by atoms with E-state index in [9.17, 15) is 5.11 Å². The van der Waals surface area contributed by atoms with Gasteiger partial charge in [-0.05, 0) is 43.5 Å². The second-order valence-corrected chi connectivity index (χ2v) is 6.27. The lowest BCUT2D eigenvalue weighted by Crippen LogP contribution is -2.15. The molecule has 0 radical (unpaired) electrons. The van der Waals surface area contributed by atoms with Crippen molar-refractivity contribution in [3.05, 3.63) is 42.5 Å². The van der Waals surface area contributed by atoms with E-state index in [0.29, 0.717) is 11.4 Å². The molecule has 3 rings (SSSR count). The fourth-order valence-corrected chi connectivity index (χ4v) is 2.87. The van der Waals surface area contributed by atoms with E-state index in [1.165, 1.54) is 24.1 Å². The molecule has 0 fully saturated rings. The summed E-state index contributed by atoms with van der Waals surface area (Å²) in [6.07, 6.45) is 5.78. The summed E-state index contributed by atoms with van der Waals surface area (Å²) in [6.45, 7) is 4.33. The molecule has 0 aliphatic rings. The molecule has 1 N–H and O–H groups in total. The maximum atomic E-state index is 10.4. The van der Waals surface area contributed by atoms with Gasteiger partial charge in [-0.3, -0.25) is 0 Å². The summed E-state index contributed by atoms with van der Waals surface area (Å²) in [6, 6.07) is 12.9. The van der Waals surface area contributed by atoms with Gasteiger partial charge in [0.2, 0.25) is 0 Å². The summed E-state index contributed by atoms with van der Waals surface area (Å²) in [4.78, 5) is 1.46. The largest absolute Gasteiger partial charge is 0.505 e. The highest BCUT2D eigenvalue weighted by Gasteiger charge is 2.12. The van der Waals surface area contributed by atoms with Gasteiger partial charge >= 0.3 is 0 Å². The van der Waals surface area contributed by atoms with E-state index in [1.54, 1.807) is 12.1 Å². The first-order chi connectivity index (χ1) is 12.2. The molecule has 2 aromatic carbocycles. The molecule has 0 saturated heterocycles. The van der Waals surface area contributed by atoms with Crippen LogP contribution in [0.15, 0.2) is 42.5 Å². The van der Waals surface area contributed by atoms with Crippen LogP contribution in [-0.2, 0) is 0 Å². The maximum absolute atomic E-state index is 10.4. The summed E-state index contributed by atoms with van der Waals surface area (Å²) >= 11 is 0. The zero-order valence-corrected chi connectivity index (χ0v) is 14.9. The summed E-state index contributed by atoms with van der Waals surface area (Å²) < 4.78 is 6.03. The quantitative estimate of drug-likeness (QED) is 0.595. The molecule has 0 bridgehead atoms. The minimum Gasteiger partial charge on any atom is -0.505 e. The van der Waals surface area contributed by atoms with Crippen LogP contribution in [0.3, 0.4) is 0 Å². The van der Waals surface area contributed by atoms with Crippen LogP contribution < -0.4 is 4.74 Å². The van der Waals surface area contributed by atoms with Crippen molar-refractivity contribution >= 4 is 11.0 Å². The second kappa shape index (κ2) is 8.01.